The van der Waals surface area contributed by atoms with E-state index >= 15 is 0 Å². The number of aromatic nitrogens is 2. The molecule has 0 bridgehead atoms. The van der Waals surface area contributed by atoms with Gasteiger partial charge in [-0.15, -0.1) is 0 Å². The first-order chi connectivity index (χ1) is 7.04. The number of aliphatic carboxylic acids is 1. The molecule has 15 heavy (non-hydrogen) atoms. The molecule has 1 heterocycles. The molecule has 82 valence electrons. The van der Waals surface area contributed by atoms with Gasteiger partial charge in [-0.2, -0.15) is 0 Å². The highest BCUT2D eigenvalue weighted by Gasteiger charge is 2.09. The van der Waals surface area contributed by atoms with E-state index in [1.54, 1.807) is 0 Å². The quantitative estimate of drug-likeness (QED) is 0.817. The zero-order valence-corrected chi connectivity index (χ0v) is 9.37. The maximum absolute atomic E-state index is 10.5. The highest BCUT2D eigenvalue weighted by Crippen LogP contribution is 2.12. The van der Waals surface area contributed by atoms with Crippen LogP contribution >= 0.6 is 0 Å². The van der Waals surface area contributed by atoms with Gasteiger partial charge < -0.3 is 5.11 Å². The summed E-state index contributed by atoms with van der Waals surface area (Å²) in [6.45, 7) is 5.83. The van der Waals surface area contributed by atoms with Gasteiger partial charge in [0.1, 0.15) is 5.82 Å². The number of carboxylic acids is 1. The van der Waals surface area contributed by atoms with Crippen LogP contribution in [-0.4, -0.2) is 21.0 Å². The molecular weight excluding hydrogens is 192 g/mol. The highest BCUT2D eigenvalue weighted by atomic mass is 16.4. The smallest absolute Gasteiger partial charge is 0.303 e. The van der Waals surface area contributed by atoms with Crippen molar-refractivity contribution in [2.75, 3.05) is 0 Å². The van der Waals surface area contributed by atoms with Crippen molar-refractivity contribution >= 4 is 5.97 Å². The Kier molecular flexibility index (Phi) is 3.77. The molecule has 0 aliphatic heterocycles. The third-order valence-electron chi connectivity index (χ3n) is 2.37. The topological polar surface area (TPSA) is 63.1 Å². The second-order valence-corrected chi connectivity index (χ2v) is 3.54. The first kappa shape index (κ1) is 11.6. The molecule has 0 atom stereocenters. The molecule has 0 spiro atoms. The molecular formula is C11H16N2O2. The molecule has 4 heteroatoms. The zero-order chi connectivity index (χ0) is 11.4. The Morgan fingerprint density at radius 3 is 2.40 bits per heavy atom. The molecule has 1 aromatic rings. The van der Waals surface area contributed by atoms with E-state index in [-0.39, 0.29) is 6.42 Å². The molecule has 1 N–H and O–H groups in total. The standard InChI is InChI=1S/C11H16N2O2/c1-4-9-7(2)10(5-6-11(14)15)13-8(3)12-9/h4-6H2,1-3H3,(H,14,15). The summed E-state index contributed by atoms with van der Waals surface area (Å²) >= 11 is 0. The number of nitrogens with zero attached hydrogens (tertiary/aromatic N) is 2. The third kappa shape index (κ3) is 3.01. The van der Waals surface area contributed by atoms with Gasteiger partial charge in [0.25, 0.3) is 0 Å². The summed E-state index contributed by atoms with van der Waals surface area (Å²) in [5, 5.41) is 8.62. The summed E-state index contributed by atoms with van der Waals surface area (Å²) in [5.74, 6) is -0.0680. The minimum Gasteiger partial charge on any atom is -0.481 e. The molecule has 0 aliphatic rings. The lowest BCUT2D eigenvalue weighted by atomic mass is 10.1. The third-order valence-corrected chi connectivity index (χ3v) is 2.37. The van der Waals surface area contributed by atoms with Gasteiger partial charge >= 0.3 is 5.97 Å². The van der Waals surface area contributed by atoms with Crippen molar-refractivity contribution in [3.63, 3.8) is 0 Å². The Hall–Kier alpha value is -1.45. The monoisotopic (exact) mass is 208 g/mol. The highest BCUT2D eigenvalue weighted by molar-refractivity contribution is 5.67. The van der Waals surface area contributed by atoms with Gasteiger partial charge in [-0.25, -0.2) is 9.97 Å². The number of carboxylic acid groups (broad SMARTS) is 1. The number of hydrogen-bond acceptors (Lipinski definition) is 3. The second-order valence-electron chi connectivity index (χ2n) is 3.54. The van der Waals surface area contributed by atoms with Gasteiger partial charge in [0.15, 0.2) is 0 Å². The Morgan fingerprint density at radius 1 is 1.27 bits per heavy atom. The van der Waals surface area contributed by atoms with E-state index in [1.165, 1.54) is 0 Å². The maximum atomic E-state index is 10.5. The number of rotatable bonds is 4. The van der Waals surface area contributed by atoms with Crippen LogP contribution in [0.1, 0.15) is 36.1 Å². The number of carbonyl (C=O) groups is 1. The van der Waals surface area contributed by atoms with E-state index in [0.29, 0.717) is 6.42 Å². The first-order valence-corrected chi connectivity index (χ1v) is 5.09. The maximum Gasteiger partial charge on any atom is 0.303 e. The Morgan fingerprint density at radius 2 is 1.87 bits per heavy atom. The lowest BCUT2D eigenvalue weighted by Gasteiger charge is -2.08. The van der Waals surface area contributed by atoms with Gasteiger partial charge in [0.2, 0.25) is 0 Å². The summed E-state index contributed by atoms with van der Waals surface area (Å²) in [6.07, 6.45) is 1.47. The summed E-state index contributed by atoms with van der Waals surface area (Å²) < 4.78 is 0. The summed E-state index contributed by atoms with van der Waals surface area (Å²) in [5.41, 5.74) is 2.91. The second kappa shape index (κ2) is 4.87. The largest absolute Gasteiger partial charge is 0.481 e. The fraction of sp³-hybridized carbons (Fsp3) is 0.545. The average molecular weight is 208 g/mol. The van der Waals surface area contributed by atoms with Crippen molar-refractivity contribution in [1.29, 1.82) is 0 Å². The molecule has 0 saturated carbocycles. The molecule has 0 fully saturated rings. The van der Waals surface area contributed by atoms with E-state index in [4.69, 9.17) is 5.11 Å². The lowest BCUT2D eigenvalue weighted by Crippen LogP contribution is -2.07. The van der Waals surface area contributed by atoms with Crippen LogP contribution < -0.4 is 0 Å². The van der Waals surface area contributed by atoms with E-state index in [9.17, 15) is 4.79 Å². The predicted molar refractivity (Wildman–Crippen MR) is 56.8 cm³/mol. The van der Waals surface area contributed by atoms with Gasteiger partial charge in [-0.05, 0) is 25.8 Å². The Balaban J connectivity index is 2.95. The van der Waals surface area contributed by atoms with E-state index in [2.05, 4.69) is 9.97 Å². The van der Waals surface area contributed by atoms with Crippen LogP contribution in [0, 0.1) is 13.8 Å². The molecule has 0 aliphatic carbocycles. The number of aryl methyl sites for hydroxylation is 3. The fourth-order valence-electron chi connectivity index (χ4n) is 1.56. The normalized spacial score (nSPS) is 10.3. The SMILES string of the molecule is CCc1nc(C)nc(CCC(=O)O)c1C. The Labute approximate surface area is 89.4 Å². The van der Waals surface area contributed by atoms with Crippen LogP contribution in [0.3, 0.4) is 0 Å². The van der Waals surface area contributed by atoms with Crippen molar-refractivity contribution < 1.29 is 9.90 Å². The van der Waals surface area contributed by atoms with Crippen LogP contribution in [-0.2, 0) is 17.6 Å². The van der Waals surface area contributed by atoms with Crippen LogP contribution in [0.15, 0.2) is 0 Å². The Bertz CT molecular complexity index is 375. The fourth-order valence-corrected chi connectivity index (χ4v) is 1.56. The van der Waals surface area contributed by atoms with Crippen molar-refractivity contribution in [3.8, 4) is 0 Å². The van der Waals surface area contributed by atoms with E-state index < -0.39 is 5.97 Å². The van der Waals surface area contributed by atoms with E-state index in [1.807, 2.05) is 20.8 Å². The summed E-state index contributed by atoms with van der Waals surface area (Å²) in [7, 11) is 0. The van der Waals surface area contributed by atoms with Gasteiger partial charge in [-0.1, -0.05) is 6.92 Å². The van der Waals surface area contributed by atoms with Crippen LogP contribution in [0.25, 0.3) is 0 Å². The minimum absolute atomic E-state index is 0.125. The molecule has 4 nitrogen and oxygen atoms in total. The average Bonchev–Trinajstić information content (AvgIpc) is 2.18. The molecule has 0 radical (unpaired) electrons. The predicted octanol–water partition coefficient (Wildman–Crippen LogP) is 1.67. The molecule has 0 unspecified atom stereocenters. The molecule has 0 aromatic carbocycles. The van der Waals surface area contributed by atoms with Gasteiger partial charge in [0, 0.05) is 17.8 Å². The molecule has 0 saturated heterocycles. The van der Waals surface area contributed by atoms with Crippen molar-refractivity contribution in [2.24, 2.45) is 0 Å². The molecule has 0 amide bonds. The van der Waals surface area contributed by atoms with Crippen LogP contribution in [0.4, 0.5) is 0 Å². The van der Waals surface area contributed by atoms with Gasteiger partial charge in [-0.3, -0.25) is 4.79 Å². The number of hydrogen-bond donors (Lipinski definition) is 1. The first-order valence-electron chi connectivity index (χ1n) is 5.09. The lowest BCUT2D eigenvalue weighted by molar-refractivity contribution is -0.136. The van der Waals surface area contributed by atoms with Crippen molar-refractivity contribution in [3.05, 3.63) is 22.8 Å². The van der Waals surface area contributed by atoms with Crippen molar-refractivity contribution in [2.45, 2.75) is 40.0 Å². The van der Waals surface area contributed by atoms with E-state index in [0.717, 1.165) is 29.2 Å². The van der Waals surface area contributed by atoms with Gasteiger partial charge in [0.05, 0.1) is 6.42 Å². The minimum atomic E-state index is -0.788. The zero-order valence-electron chi connectivity index (χ0n) is 9.37. The van der Waals surface area contributed by atoms with Crippen LogP contribution in [0.5, 0.6) is 0 Å². The van der Waals surface area contributed by atoms with Crippen molar-refractivity contribution in [1.82, 2.24) is 9.97 Å². The molecule has 1 aromatic heterocycles. The summed E-state index contributed by atoms with van der Waals surface area (Å²) in [6, 6.07) is 0. The summed E-state index contributed by atoms with van der Waals surface area (Å²) in [4.78, 5) is 19.1. The van der Waals surface area contributed by atoms with Crippen LogP contribution in [0.2, 0.25) is 0 Å². The molecule has 1 rings (SSSR count).